The van der Waals surface area contributed by atoms with Gasteiger partial charge in [-0.2, -0.15) is 0 Å². The molecule has 0 aromatic heterocycles. The lowest BCUT2D eigenvalue weighted by Crippen LogP contribution is -2.47. The Morgan fingerprint density at radius 3 is 2.54 bits per heavy atom. The molecule has 0 spiro atoms. The van der Waals surface area contributed by atoms with E-state index in [1.54, 1.807) is 17.8 Å². The second kappa shape index (κ2) is 7.59. The molecule has 2 amide bonds. The maximum atomic E-state index is 13.6. The van der Waals surface area contributed by atoms with Crippen LogP contribution in [0.25, 0.3) is 0 Å². The van der Waals surface area contributed by atoms with Crippen LogP contribution in [0.4, 0.5) is 4.39 Å². The van der Waals surface area contributed by atoms with Gasteiger partial charge in [-0.05, 0) is 43.0 Å². The summed E-state index contributed by atoms with van der Waals surface area (Å²) in [5.41, 5.74) is 0.498. The molecule has 1 fully saturated rings. The third kappa shape index (κ3) is 4.22. The summed E-state index contributed by atoms with van der Waals surface area (Å²) in [4.78, 5) is 28.0. The molecular formula is C20H27FN2O2S. The fourth-order valence-electron chi connectivity index (χ4n) is 3.62. The summed E-state index contributed by atoms with van der Waals surface area (Å²) in [5, 5.41) is 3.12. The first-order chi connectivity index (χ1) is 12.3. The summed E-state index contributed by atoms with van der Waals surface area (Å²) < 4.78 is 13.6. The number of rotatable bonds is 2. The van der Waals surface area contributed by atoms with E-state index in [2.05, 4.69) is 5.32 Å². The lowest BCUT2D eigenvalue weighted by molar-refractivity contribution is -0.142. The van der Waals surface area contributed by atoms with Crippen molar-refractivity contribution in [2.45, 2.75) is 51.0 Å². The van der Waals surface area contributed by atoms with Crippen LogP contribution in [0.15, 0.2) is 23.1 Å². The molecule has 0 radical (unpaired) electrons. The maximum Gasteiger partial charge on any atom is 0.227 e. The SMILES string of the molecule is CC(C)(C)C(=O)N1CCC(C(=O)NC2CCSc3ccc(F)cc32)CC1. The monoisotopic (exact) mass is 378 g/mol. The minimum atomic E-state index is -0.386. The van der Waals surface area contributed by atoms with Gasteiger partial charge in [0.2, 0.25) is 11.8 Å². The zero-order valence-corrected chi connectivity index (χ0v) is 16.5. The summed E-state index contributed by atoms with van der Waals surface area (Å²) in [6.45, 7) is 7.02. The van der Waals surface area contributed by atoms with Gasteiger partial charge in [0.1, 0.15) is 5.82 Å². The minimum Gasteiger partial charge on any atom is -0.349 e. The summed E-state index contributed by atoms with van der Waals surface area (Å²) in [6.07, 6.45) is 2.18. The average molecular weight is 379 g/mol. The van der Waals surface area contributed by atoms with Gasteiger partial charge < -0.3 is 10.2 Å². The Kier molecular flexibility index (Phi) is 5.61. The van der Waals surface area contributed by atoms with Crippen molar-refractivity contribution in [2.24, 2.45) is 11.3 Å². The number of nitrogens with one attached hydrogen (secondary N) is 1. The summed E-state index contributed by atoms with van der Waals surface area (Å²) in [5.74, 6) is 0.748. The molecule has 26 heavy (non-hydrogen) atoms. The van der Waals surface area contributed by atoms with E-state index in [1.807, 2.05) is 25.7 Å². The molecule has 3 rings (SSSR count). The van der Waals surface area contributed by atoms with Gasteiger partial charge in [0.25, 0.3) is 0 Å². The molecule has 4 nitrogen and oxygen atoms in total. The van der Waals surface area contributed by atoms with Gasteiger partial charge >= 0.3 is 0 Å². The Morgan fingerprint density at radius 2 is 1.88 bits per heavy atom. The van der Waals surface area contributed by atoms with Crippen molar-refractivity contribution in [1.82, 2.24) is 10.2 Å². The lowest BCUT2D eigenvalue weighted by atomic mass is 9.90. The first kappa shape index (κ1) is 19.2. The Bertz CT molecular complexity index is 694. The number of benzene rings is 1. The van der Waals surface area contributed by atoms with E-state index in [9.17, 15) is 14.0 Å². The Labute approximate surface area is 158 Å². The van der Waals surface area contributed by atoms with Crippen molar-refractivity contribution in [3.05, 3.63) is 29.6 Å². The summed E-state index contributed by atoms with van der Waals surface area (Å²) in [6, 6.07) is 4.68. The van der Waals surface area contributed by atoms with E-state index in [4.69, 9.17) is 0 Å². The van der Waals surface area contributed by atoms with Crippen LogP contribution in [0.5, 0.6) is 0 Å². The topological polar surface area (TPSA) is 49.4 Å². The number of fused-ring (bicyclic) bond motifs is 1. The van der Waals surface area contributed by atoms with Gasteiger partial charge in [-0.3, -0.25) is 9.59 Å². The average Bonchev–Trinajstić information content (AvgIpc) is 2.61. The highest BCUT2D eigenvalue weighted by Gasteiger charge is 2.33. The van der Waals surface area contributed by atoms with Gasteiger partial charge in [0.05, 0.1) is 6.04 Å². The number of nitrogens with zero attached hydrogens (tertiary/aromatic N) is 1. The molecule has 2 heterocycles. The Balaban J connectivity index is 1.59. The lowest BCUT2D eigenvalue weighted by Gasteiger charge is -2.36. The van der Waals surface area contributed by atoms with Crippen LogP contribution < -0.4 is 5.32 Å². The smallest absolute Gasteiger partial charge is 0.227 e. The van der Waals surface area contributed by atoms with Gasteiger partial charge in [-0.1, -0.05) is 20.8 Å². The predicted octanol–water partition coefficient (Wildman–Crippen LogP) is 3.76. The summed E-state index contributed by atoms with van der Waals surface area (Å²) >= 11 is 1.71. The maximum absolute atomic E-state index is 13.6. The van der Waals surface area contributed by atoms with E-state index in [1.165, 1.54) is 12.1 Å². The number of hydrogen-bond acceptors (Lipinski definition) is 3. The van der Waals surface area contributed by atoms with Crippen LogP contribution in [-0.2, 0) is 9.59 Å². The minimum absolute atomic E-state index is 0.0277. The predicted molar refractivity (Wildman–Crippen MR) is 101 cm³/mol. The third-order valence-electron chi connectivity index (χ3n) is 5.12. The van der Waals surface area contributed by atoms with Crippen LogP contribution in [-0.4, -0.2) is 35.6 Å². The van der Waals surface area contributed by atoms with Gasteiger partial charge in [-0.25, -0.2) is 4.39 Å². The quantitative estimate of drug-likeness (QED) is 0.852. The molecule has 0 saturated carbocycles. The fraction of sp³-hybridized carbons (Fsp3) is 0.600. The van der Waals surface area contributed by atoms with E-state index in [0.29, 0.717) is 25.9 Å². The standard InChI is InChI=1S/C20H27FN2O2S/c1-20(2,3)19(25)23-9-6-13(7-10-23)18(24)22-16-8-11-26-17-5-4-14(21)12-15(16)17/h4-5,12-13,16H,6-11H2,1-3H3,(H,22,24). The number of halogens is 1. The highest BCUT2D eigenvalue weighted by Crippen LogP contribution is 2.37. The van der Waals surface area contributed by atoms with Crippen molar-refractivity contribution in [3.8, 4) is 0 Å². The van der Waals surface area contributed by atoms with Crippen LogP contribution in [0.2, 0.25) is 0 Å². The molecule has 2 aliphatic rings. The number of amides is 2. The van der Waals surface area contributed by atoms with Crippen LogP contribution >= 0.6 is 11.8 Å². The van der Waals surface area contributed by atoms with Crippen molar-refractivity contribution >= 4 is 23.6 Å². The third-order valence-corrected chi connectivity index (χ3v) is 6.25. The fourth-order valence-corrected chi connectivity index (χ4v) is 4.73. The van der Waals surface area contributed by atoms with Crippen molar-refractivity contribution in [2.75, 3.05) is 18.8 Å². The van der Waals surface area contributed by atoms with Crippen LogP contribution in [0.3, 0.4) is 0 Å². The molecule has 1 unspecified atom stereocenters. The largest absolute Gasteiger partial charge is 0.349 e. The molecule has 1 aromatic carbocycles. The van der Waals surface area contributed by atoms with Gasteiger partial charge in [0, 0.05) is 35.1 Å². The van der Waals surface area contributed by atoms with Gasteiger partial charge in [0.15, 0.2) is 0 Å². The normalized spacial score (nSPS) is 21.2. The molecule has 6 heteroatoms. The Hall–Kier alpha value is -1.56. The van der Waals surface area contributed by atoms with Crippen LogP contribution in [0.1, 0.15) is 51.6 Å². The van der Waals surface area contributed by atoms with Crippen molar-refractivity contribution in [1.29, 1.82) is 0 Å². The first-order valence-corrected chi connectivity index (χ1v) is 10.3. The Morgan fingerprint density at radius 1 is 1.19 bits per heavy atom. The second-order valence-electron chi connectivity index (χ2n) is 8.20. The molecule has 0 aliphatic carbocycles. The molecule has 1 atom stereocenters. The second-order valence-corrected chi connectivity index (χ2v) is 9.33. The molecule has 1 aromatic rings. The summed E-state index contributed by atoms with van der Waals surface area (Å²) in [7, 11) is 0. The molecule has 2 aliphatic heterocycles. The van der Waals surface area contributed by atoms with Crippen LogP contribution in [0, 0.1) is 17.2 Å². The first-order valence-electron chi connectivity index (χ1n) is 9.27. The highest BCUT2D eigenvalue weighted by molar-refractivity contribution is 7.99. The number of carbonyl (C=O) groups is 2. The van der Waals surface area contributed by atoms with E-state index in [-0.39, 0.29) is 35.0 Å². The number of likely N-dealkylation sites (tertiary alicyclic amines) is 1. The number of piperidine rings is 1. The zero-order chi connectivity index (χ0) is 18.9. The number of hydrogen-bond donors (Lipinski definition) is 1. The van der Waals surface area contributed by atoms with E-state index >= 15 is 0 Å². The van der Waals surface area contributed by atoms with Crippen molar-refractivity contribution in [3.63, 3.8) is 0 Å². The van der Waals surface area contributed by atoms with E-state index in [0.717, 1.165) is 22.6 Å². The van der Waals surface area contributed by atoms with E-state index < -0.39 is 0 Å². The van der Waals surface area contributed by atoms with Crippen molar-refractivity contribution < 1.29 is 14.0 Å². The molecule has 142 valence electrons. The number of thioether (sulfide) groups is 1. The molecular weight excluding hydrogens is 351 g/mol. The molecule has 0 bridgehead atoms. The molecule has 1 N–H and O–H groups in total. The van der Waals surface area contributed by atoms with Gasteiger partial charge in [-0.15, -0.1) is 11.8 Å². The number of carbonyl (C=O) groups excluding carboxylic acids is 2. The highest BCUT2D eigenvalue weighted by atomic mass is 32.2. The zero-order valence-electron chi connectivity index (χ0n) is 15.7. The molecule has 1 saturated heterocycles.